The Balaban J connectivity index is 0.00000264. The van der Waals surface area contributed by atoms with Gasteiger partial charge in [0.25, 0.3) is 0 Å². The van der Waals surface area contributed by atoms with Crippen molar-refractivity contribution in [3.63, 3.8) is 0 Å². The summed E-state index contributed by atoms with van der Waals surface area (Å²) in [7, 11) is 0. The second-order valence-electron chi connectivity index (χ2n) is 5.02. The smallest absolute Gasteiger partial charge is 0.230 e. The van der Waals surface area contributed by atoms with Gasteiger partial charge in [-0.1, -0.05) is 23.3 Å². The second-order valence-corrected chi connectivity index (χ2v) is 6.44. The van der Waals surface area contributed by atoms with Crippen LogP contribution in [0.15, 0.2) is 35.9 Å². The molecule has 0 aliphatic carbocycles. The molecular formula is C16H20Cl2N2O2S. The van der Waals surface area contributed by atoms with Gasteiger partial charge in [0.1, 0.15) is 0 Å². The molecule has 0 atom stereocenters. The van der Waals surface area contributed by atoms with Gasteiger partial charge in [0.2, 0.25) is 5.91 Å². The maximum absolute atomic E-state index is 11.9. The first-order chi connectivity index (χ1) is 10.6. The summed E-state index contributed by atoms with van der Waals surface area (Å²) in [5.74, 6) is 0.566. The minimum Gasteiger partial charge on any atom is -0.352 e. The van der Waals surface area contributed by atoms with E-state index in [0.717, 1.165) is 19.5 Å². The highest BCUT2D eigenvalue weighted by molar-refractivity contribution is 8.00. The molecule has 0 aromatic heterocycles. The van der Waals surface area contributed by atoms with Crippen LogP contribution >= 0.6 is 35.8 Å². The lowest BCUT2D eigenvalue weighted by Gasteiger charge is -2.14. The summed E-state index contributed by atoms with van der Waals surface area (Å²) in [6.07, 6.45) is 3.09. The van der Waals surface area contributed by atoms with Crippen LogP contribution in [0.4, 0.5) is 0 Å². The van der Waals surface area contributed by atoms with E-state index in [-0.39, 0.29) is 24.1 Å². The Morgan fingerprint density at radius 2 is 1.96 bits per heavy atom. The van der Waals surface area contributed by atoms with Crippen LogP contribution in [0.5, 0.6) is 0 Å². The number of halogens is 2. The first-order valence-corrected chi connectivity index (χ1v) is 8.70. The van der Waals surface area contributed by atoms with Crippen molar-refractivity contribution in [3.05, 3.63) is 46.5 Å². The van der Waals surface area contributed by atoms with Crippen LogP contribution < -0.4 is 10.6 Å². The van der Waals surface area contributed by atoms with Gasteiger partial charge in [-0.25, -0.2) is 0 Å². The molecular weight excluding hydrogens is 355 g/mol. The monoisotopic (exact) mass is 374 g/mol. The Kier molecular flexibility index (Phi) is 9.33. The topological polar surface area (TPSA) is 58.2 Å². The average molecular weight is 375 g/mol. The molecule has 23 heavy (non-hydrogen) atoms. The van der Waals surface area contributed by atoms with E-state index in [1.807, 2.05) is 0 Å². The molecule has 4 nitrogen and oxygen atoms in total. The third-order valence-corrected chi connectivity index (χ3v) is 4.49. The van der Waals surface area contributed by atoms with Crippen LogP contribution in [-0.2, 0) is 4.79 Å². The van der Waals surface area contributed by atoms with E-state index in [4.69, 9.17) is 11.6 Å². The molecule has 0 fully saturated rings. The standard InChI is InChI=1S/C16H19ClN2O2S.ClH/c17-14-3-1-13(2-4-14)15(20)10-22-11-16(21)19-9-12-5-7-18-8-6-12;/h1-5,18H,6-11H2,(H,19,21);1H. The fourth-order valence-corrected chi connectivity index (χ4v) is 2.92. The van der Waals surface area contributed by atoms with Crippen LogP contribution in [0.1, 0.15) is 16.8 Å². The molecule has 1 amide bonds. The summed E-state index contributed by atoms with van der Waals surface area (Å²) in [4.78, 5) is 23.7. The highest BCUT2D eigenvalue weighted by Crippen LogP contribution is 2.12. The maximum Gasteiger partial charge on any atom is 0.230 e. The highest BCUT2D eigenvalue weighted by atomic mass is 35.5. The summed E-state index contributed by atoms with van der Waals surface area (Å²) >= 11 is 7.11. The molecule has 0 radical (unpaired) electrons. The summed E-state index contributed by atoms with van der Waals surface area (Å²) in [5.41, 5.74) is 1.88. The number of Topliss-reactive ketones (excluding diaryl/α,β-unsaturated/α-hetero) is 1. The molecule has 2 rings (SSSR count). The molecule has 0 saturated heterocycles. The molecule has 1 aromatic rings. The average Bonchev–Trinajstić information content (AvgIpc) is 2.54. The molecule has 0 bridgehead atoms. The Bertz CT molecular complexity index is 562. The number of amides is 1. The summed E-state index contributed by atoms with van der Waals surface area (Å²) in [6.45, 7) is 2.44. The van der Waals surface area contributed by atoms with Gasteiger partial charge >= 0.3 is 0 Å². The summed E-state index contributed by atoms with van der Waals surface area (Å²) < 4.78 is 0. The Hall–Kier alpha value is -1.01. The zero-order chi connectivity index (χ0) is 15.8. The fourth-order valence-electron chi connectivity index (χ4n) is 2.05. The van der Waals surface area contributed by atoms with Crippen LogP contribution in [0.3, 0.4) is 0 Å². The van der Waals surface area contributed by atoms with Gasteiger partial charge < -0.3 is 10.6 Å². The third kappa shape index (κ3) is 7.40. The number of carbonyl (C=O) groups is 2. The molecule has 2 N–H and O–H groups in total. The zero-order valence-corrected chi connectivity index (χ0v) is 15.0. The number of hydrogen-bond donors (Lipinski definition) is 2. The van der Waals surface area contributed by atoms with Gasteiger partial charge in [0.05, 0.1) is 11.5 Å². The lowest BCUT2D eigenvalue weighted by molar-refractivity contribution is -0.118. The first kappa shape index (κ1) is 20.0. The quantitative estimate of drug-likeness (QED) is 0.568. The minimum absolute atomic E-state index is 0. The van der Waals surface area contributed by atoms with Crippen molar-refractivity contribution in [2.45, 2.75) is 6.42 Å². The van der Waals surface area contributed by atoms with Crippen molar-refractivity contribution in [2.75, 3.05) is 31.1 Å². The Labute approximate surface area is 151 Å². The summed E-state index contributed by atoms with van der Waals surface area (Å²) in [5, 5.41) is 6.73. The predicted molar refractivity (Wildman–Crippen MR) is 98.9 cm³/mol. The van der Waals surface area contributed by atoms with Crippen molar-refractivity contribution in [1.82, 2.24) is 10.6 Å². The number of hydrogen-bond acceptors (Lipinski definition) is 4. The third-order valence-electron chi connectivity index (χ3n) is 3.30. The number of rotatable bonds is 7. The lowest BCUT2D eigenvalue weighted by Crippen LogP contribution is -2.30. The van der Waals surface area contributed by atoms with E-state index in [0.29, 0.717) is 28.6 Å². The molecule has 1 aliphatic heterocycles. The summed E-state index contributed by atoms with van der Waals surface area (Å²) in [6, 6.07) is 6.79. The van der Waals surface area contributed by atoms with Crippen LogP contribution in [0.25, 0.3) is 0 Å². The molecule has 1 aromatic carbocycles. The Morgan fingerprint density at radius 3 is 2.61 bits per heavy atom. The maximum atomic E-state index is 11.9. The van der Waals surface area contributed by atoms with Gasteiger partial charge in [0, 0.05) is 23.7 Å². The second kappa shape index (κ2) is 10.7. The van der Waals surface area contributed by atoms with Crippen molar-refractivity contribution in [3.8, 4) is 0 Å². The zero-order valence-electron chi connectivity index (χ0n) is 12.6. The SMILES string of the molecule is Cl.O=C(CSCC(=O)c1ccc(Cl)cc1)NCC1=CCNCC1. The van der Waals surface area contributed by atoms with Crippen LogP contribution in [0, 0.1) is 0 Å². The highest BCUT2D eigenvalue weighted by Gasteiger charge is 2.09. The van der Waals surface area contributed by atoms with Crippen LogP contribution in [0.2, 0.25) is 5.02 Å². The van der Waals surface area contributed by atoms with E-state index >= 15 is 0 Å². The van der Waals surface area contributed by atoms with E-state index < -0.39 is 0 Å². The normalized spacial score (nSPS) is 13.7. The minimum atomic E-state index is -0.0339. The number of carbonyl (C=O) groups excluding carboxylic acids is 2. The van der Waals surface area contributed by atoms with Gasteiger partial charge in [-0.2, -0.15) is 0 Å². The number of nitrogens with one attached hydrogen (secondary N) is 2. The fraction of sp³-hybridized carbons (Fsp3) is 0.375. The first-order valence-electron chi connectivity index (χ1n) is 7.17. The molecule has 7 heteroatoms. The predicted octanol–water partition coefficient (Wildman–Crippen LogP) is 2.71. The van der Waals surface area contributed by atoms with Crippen molar-refractivity contribution >= 4 is 47.5 Å². The molecule has 0 spiro atoms. The largest absolute Gasteiger partial charge is 0.352 e. The van der Waals surface area contributed by atoms with Crippen molar-refractivity contribution < 1.29 is 9.59 Å². The van der Waals surface area contributed by atoms with Crippen molar-refractivity contribution in [2.24, 2.45) is 0 Å². The van der Waals surface area contributed by atoms with Crippen LogP contribution in [-0.4, -0.2) is 42.8 Å². The van der Waals surface area contributed by atoms with Gasteiger partial charge in [-0.15, -0.1) is 24.2 Å². The molecule has 1 heterocycles. The van der Waals surface area contributed by atoms with E-state index in [1.54, 1.807) is 24.3 Å². The van der Waals surface area contributed by atoms with Gasteiger partial charge in [-0.05, 0) is 37.2 Å². The van der Waals surface area contributed by atoms with Crippen molar-refractivity contribution in [1.29, 1.82) is 0 Å². The molecule has 1 aliphatic rings. The Morgan fingerprint density at radius 1 is 1.22 bits per heavy atom. The van der Waals surface area contributed by atoms with E-state index in [2.05, 4.69) is 16.7 Å². The molecule has 0 unspecified atom stereocenters. The number of thioether (sulfide) groups is 1. The molecule has 0 saturated carbocycles. The van der Waals surface area contributed by atoms with E-state index in [9.17, 15) is 9.59 Å². The van der Waals surface area contributed by atoms with Gasteiger partial charge in [-0.3, -0.25) is 9.59 Å². The lowest BCUT2D eigenvalue weighted by atomic mass is 10.1. The number of ketones is 1. The molecule has 126 valence electrons. The number of benzene rings is 1. The van der Waals surface area contributed by atoms with E-state index in [1.165, 1.54) is 17.3 Å². The van der Waals surface area contributed by atoms with Gasteiger partial charge in [0.15, 0.2) is 5.78 Å².